The summed E-state index contributed by atoms with van der Waals surface area (Å²) in [6.07, 6.45) is 0. The van der Waals surface area contributed by atoms with E-state index in [4.69, 9.17) is 10.5 Å². The molecule has 24 heavy (non-hydrogen) atoms. The summed E-state index contributed by atoms with van der Waals surface area (Å²) in [6.45, 7) is 6.32. The van der Waals surface area contributed by atoms with Crippen LogP contribution in [-0.4, -0.2) is 18.4 Å². The van der Waals surface area contributed by atoms with Crippen molar-refractivity contribution in [3.63, 3.8) is 0 Å². The highest BCUT2D eigenvalue weighted by Gasteiger charge is 2.08. The SMILES string of the molecule is Cc1cc(C)c(C)c(OCC(=O)NCc2ccc(C(N)=O)cc2)c1. The molecule has 3 N–H and O–H groups in total. The Kier molecular flexibility index (Phi) is 5.58. The first-order chi connectivity index (χ1) is 11.4. The summed E-state index contributed by atoms with van der Waals surface area (Å²) < 4.78 is 5.63. The Morgan fingerprint density at radius 1 is 1.08 bits per heavy atom. The van der Waals surface area contributed by atoms with Crippen LogP contribution in [0.25, 0.3) is 0 Å². The number of amides is 2. The largest absolute Gasteiger partial charge is 0.483 e. The Balaban J connectivity index is 1.87. The number of rotatable bonds is 6. The standard InChI is InChI=1S/C19H22N2O3/c1-12-8-13(2)14(3)17(9-12)24-11-18(22)21-10-15-4-6-16(7-5-15)19(20)23/h4-9H,10-11H2,1-3H3,(H2,20,23)(H,21,22). The molecule has 0 fully saturated rings. The Labute approximate surface area is 141 Å². The van der Waals surface area contributed by atoms with Crippen LogP contribution in [0.2, 0.25) is 0 Å². The van der Waals surface area contributed by atoms with Crippen LogP contribution in [-0.2, 0) is 11.3 Å². The lowest BCUT2D eigenvalue weighted by Gasteiger charge is -2.12. The number of nitrogens with one attached hydrogen (secondary N) is 1. The van der Waals surface area contributed by atoms with Crippen molar-refractivity contribution in [3.8, 4) is 5.75 Å². The van der Waals surface area contributed by atoms with Crippen molar-refractivity contribution < 1.29 is 14.3 Å². The van der Waals surface area contributed by atoms with Gasteiger partial charge in [0, 0.05) is 12.1 Å². The Hall–Kier alpha value is -2.82. The van der Waals surface area contributed by atoms with Gasteiger partial charge in [-0.2, -0.15) is 0 Å². The minimum absolute atomic E-state index is 0.0386. The van der Waals surface area contributed by atoms with Crippen LogP contribution in [0.3, 0.4) is 0 Å². The second-order valence-electron chi connectivity index (χ2n) is 5.83. The molecule has 0 atom stereocenters. The number of ether oxygens (including phenoxy) is 1. The van der Waals surface area contributed by atoms with E-state index in [1.54, 1.807) is 24.3 Å². The minimum atomic E-state index is -0.470. The number of benzene rings is 2. The molecule has 2 amide bonds. The second kappa shape index (κ2) is 7.64. The third-order valence-corrected chi connectivity index (χ3v) is 3.85. The fraction of sp³-hybridized carbons (Fsp3) is 0.263. The molecule has 2 aromatic rings. The first kappa shape index (κ1) is 17.5. The highest BCUT2D eigenvalue weighted by atomic mass is 16.5. The molecule has 0 radical (unpaired) electrons. The zero-order chi connectivity index (χ0) is 17.7. The van der Waals surface area contributed by atoms with Gasteiger partial charge in [-0.1, -0.05) is 18.2 Å². The molecule has 0 saturated heterocycles. The van der Waals surface area contributed by atoms with Crippen molar-refractivity contribution in [2.45, 2.75) is 27.3 Å². The minimum Gasteiger partial charge on any atom is -0.483 e. The molecule has 0 heterocycles. The molecule has 2 aromatic carbocycles. The average Bonchev–Trinajstić information content (AvgIpc) is 2.55. The molecular weight excluding hydrogens is 304 g/mol. The van der Waals surface area contributed by atoms with Crippen LogP contribution >= 0.6 is 0 Å². The van der Waals surface area contributed by atoms with Crippen LogP contribution < -0.4 is 15.8 Å². The van der Waals surface area contributed by atoms with Crippen molar-refractivity contribution in [1.82, 2.24) is 5.32 Å². The molecule has 0 saturated carbocycles. The number of aryl methyl sites for hydroxylation is 2. The number of nitrogens with two attached hydrogens (primary N) is 1. The van der Waals surface area contributed by atoms with E-state index in [9.17, 15) is 9.59 Å². The summed E-state index contributed by atoms with van der Waals surface area (Å²) in [6, 6.07) is 10.8. The van der Waals surface area contributed by atoms with Gasteiger partial charge in [-0.15, -0.1) is 0 Å². The zero-order valence-electron chi connectivity index (χ0n) is 14.2. The lowest BCUT2D eigenvalue weighted by atomic mass is 10.1. The maximum atomic E-state index is 11.9. The van der Waals surface area contributed by atoms with E-state index < -0.39 is 5.91 Å². The van der Waals surface area contributed by atoms with Gasteiger partial charge in [-0.3, -0.25) is 9.59 Å². The predicted octanol–water partition coefficient (Wildman–Crippen LogP) is 2.41. The van der Waals surface area contributed by atoms with Crippen LogP contribution in [0.5, 0.6) is 5.75 Å². The number of hydrogen-bond acceptors (Lipinski definition) is 3. The third-order valence-electron chi connectivity index (χ3n) is 3.85. The molecule has 0 bridgehead atoms. The summed E-state index contributed by atoms with van der Waals surface area (Å²) in [7, 11) is 0. The fourth-order valence-electron chi connectivity index (χ4n) is 2.33. The molecule has 5 heteroatoms. The lowest BCUT2D eigenvalue weighted by molar-refractivity contribution is -0.123. The number of carbonyl (C=O) groups excluding carboxylic acids is 2. The summed E-state index contributed by atoms with van der Waals surface area (Å²) in [4.78, 5) is 22.9. The monoisotopic (exact) mass is 326 g/mol. The van der Waals surface area contributed by atoms with Gasteiger partial charge < -0.3 is 15.8 Å². The Bertz CT molecular complexity index is 752. The first-order valence-corrected chi connectivity index (χ1v) is 7.73. The number of hydrogen-bond donors (Lipinski definition) is 2. The van der Waals surface area contributed by atoms with Crippen LogP contribution in [0, 0.1) is 20.8 Å². The van der Waals surface area contributed by atoms with Gasteiger partial charge in [0.05, 0.1) is 0 Å². The van der Waals surface area contributed by atoms with E-state index in [0.717, 1.165) is 28.0 Å². The molecule has 2 rings (SSSR count). The fourth-order valence-corrected chi connectivity index (χ4v) is 2.33. The maximum Gasteiger partial charge on any atom is 0.258 e. The van der Waals surface area contributed by atoms with Gasteiger partial charge in [0.25, 0.3) is 5.91 Å². The Morgan fingerprint density at radius 2 is 1.75 bits per heavy atom. The molecule has 0 aliphatic rings. The molecule has 0 aliphatic heterocycles. The normalized spacial score (nSPS) is 10.3. The van der Waals surface area contributed by atoms with E-state index in [-0.39, 0.29) is 12.5 Å². The summed E-state index contributed by atoms with van der Waals surface area (Å²) in [5.41, 5.74) is 9.79. The first-order valence-electron chi connectivity index (χ1n) is 7.73. The average molecular weight is 326 g/mol. The molecule has 126 valence electrons. The predicted molar refractivity (Wildman–Crippen MR) is 93.0 cm³/mol. The van der Waals surface area contributed by atoms with Gasteiger partial charge in [-0.05, 0) is 61.2 Å². The van der Waals surface area contributed by atoms with Crippen molar-refractivity contribution in [1.29, 1.82) is 0 Å². The molecule has 0 unspecified atom stereocenters. The van der Waals surface area contributed by atoms with Gasteiger partial charge in [0.15, 0.2) is 6.61 Å². The van der Waals surface area contributed by atoms with Crippen LogP contribution in [0.15, 0.2) is 36.4 Å². The molecule has 5 nitrogen and oxygen atoms in total. The number of carbonyl (C=O) groups is 2. The zero-order valence-corrected chi connectivity index (χ0v) is 14.2. The van der Waals surface area contributed by atoms with Gasteiger partial charge >= 0.3 is 0 Å². The quantitative estimate of drug-likeness (QED) is 0.855. The van der Waals surface area contributed by atoms with E-state index >= 15 is 0 Å². The maximum absolute atomic E-state index is 11.9. The molecule has 0 spiro atoms. The lowest BCUT2D eigenvalue weighted by Crippen LogP contribution is -2.28. The topological polar surface area (TPSA) is 81.4 Å². The summed E-state index contributed by atoms with van der Waals surface area (Å²) in [5, 5.41) is 2.79. The van der Waals surface area contributed by atoms with Gasteiger partial charge in [0.1, 0.15) is 5.75 Å². The molecule has 0 aromatic heterocycles. The van der Waals surface area contributed by atoms with E-state index in [2.05, 4.69) is 11.4 Å². The highest BCUT2D eigenvalue weighted by Crippen LogP contribution is 2.23. The third kappa shape index (κ3) is 4.59. The summed E-state index contributed by atoms with van der Waals surface area (Å²) in [5.74, 6) is 0.0591. The summed E-state index contributed by atoms with van der Waals surface area (Å²) >= 11 is 0. The van der Waals surface area contributed by atoms with Crippen molar-refractivity contribution in [2.24, 2.45) is 5.73 Å². The van der Waals surface area contributed by atoms with Crippen molar-refractivity contribution in [2.75, 3.05) is 6.61 Å². The van der Waals surface area contributed by atoms with Crippen LogP contribution in [0.1, 0.15) is 32.6 Å². The van der Waals surface area contributed by atoms with Crippen molar-refractivity contribution >= 4 is 11.8 Å². The molecule has 0 aliphatic carbocycles. The number of primary amides is 1. The van der Waals surface area contributed by atoms with E-state index in [1.807, 2.05) is 26.8 Å². The van der Waals surface area contributed by atoms with Gasteiger partial charge in [-0.25, -0.2) is 0 Å². The highest BCUT2D eigenvalue weighted by molar-refractivity contribution is 5.92. The van der Waals surface area contributed by atoms with Gasteiger partial charge in [0.2, 0.25) is 5.91 Å². The Morgan fingerprint density at radius 3 is 2.38 bits per heavy atom. The smallest absolute Gasteiger partial charge is 0.258 e. The van der Waals surface area contributed by atoms with E-state index in [1.165, 1.54) is 0 Å². The van der Waals surface area contributed by atoms with Crippen LogP contribution in [0.4, 0.5) is 0 Å². The van der Waals surface area contributed by atoms with E-state index in [0.29, 0.717) is 12.1 Å². The van der Waals surface area contributed by atoms with Crippen molar-refractivity contribution in [3.05, 3.63) is 64.2 Å². The molecular formula is C19H22N2O3. The second-order valence-corrected chi connectivity index (χ2v) is 5.83.